The molecule has 2 aliphatic rings. The summed E-state index contributed by atoms with van der Waals surface area (Å²) in [4.78, 5) is 111. The first kappa shape index (κ1) is 56.0. The van der Waals surface area contributed by atoms with Crippen LogP contribution in [-0.2, 0) is 62.1 Å². The molecule has 0 aromatic carbocycles. The van der Waals surface area contributed by atoms with E-state index in [0.717, 1.165) is 34.6 Å². The van der Waals surface area contributed by atoms with Crippen LogP contribution in [0.5, 0.6) is 0 Å². The van der Waals surface area contributed by atoms with Gasteiger partial charge in [-0.2, -0.15) is 0 Å². The SMILES string of the molecule is CC(=O)N[C@H]1[C@H](O[C@H]2[C@H](O[C@H](C)C(=O)N[C@@H](C)C(=O)N[C@H](CCC(=O)N[C@@H](CCCC([NH3+])C(=O)[O-])C(=O)N[C@H](C)C(=O)[O-])C(=O)[O-])[C@@H](NC(C)=O)C(O)O[C@@H]2CO)O[C@H](CO)[C@@H](O)[C@@H]1O. The number of hydrogen-bond acceptors (Lipinski definition) is 21. The summed E-state index contributed by atoms with van der Waals surface area (Å²) >= 11 is 0. The van der Waals surface area contributed by atoms with Crippen molar-refractivity contribution in [3.05, 3.63) is 0 Å². The van der Waals surface area contributed by atoms with E-state index < -0.39 is 177 Å². The zero-order chi connectivity index (χ0) is 49.5. The average Bonchev–Trinajstić information content (AvgIpc) is 3.22. The quantitative estimate of drug-likeness (QED) is 0.0404. The van der Waals surface area contributed by atoms with Gasteiger partial charge in [-0.1, -0.05) is 0 Å². The Morgan fingerprint density at radius 1 is 0.646 bits per heavy atom. The molecule has 0 bridgehead atoms. The number of rotatable bonds is 25. The predicted octanol–water partition coefficient (Wildman–Crippen LogP) is -11.9. The summed E-state index contributed by atoms with van der Waals surface area (Å²) in [5, 5.41) is 99.7. The Kier molecular flexibility index (Phi) is 22.5. The van der Waals surface area contributed by atoms with E-state index in [1.807, 2.05) is 0 Å². The highest BCUT2D eigenvalue weighted by Gasteiger charge is 2.53. The third-order valence-corrected chi connectivity index (χ3v) is 10.2. The van der Waals surface area contributed by atoms with Crippen LogP contribution in [-0.4, -0.2) is 190 Å². The zero-order valence-electron chi connectivity index (χ0n) is 36.2. The third kappa shape index (κ3) is 17.0. The molecule has 65 heavy (non-hydrogen) atoms. The lowest BCUT2D eigenvalue weighted by molar-refractivity contribution is -0.438. The molecule has 16 atom stereocenters. The van der Waals surface area contributed by atoms with Gasteiger partial charge in [0.15, 0.2) is 12.6 Å². The molecular formula is C37H59N7O21-2. The van der Waals surface area contributed by atoms with Crippen LogP contribution < -0.4 is 53.0 Å². The van der Waals surface area contributed by atoms with E-state index >= 15 is 0 Å². The fraction of sp³-hybridized carbons (Fsp3) is 0.757. The van der Waals surface area contributed by atoms with Crippen LogP contribution in [0, 0.1) is 0 Å². The van der Waals surface area contributed by atoms with Gasteiger partial charge in [0.2, 0.25) is 35.4 Å². The molecule has 0 spiro atoms. The fourth-order valence-corrected chi connectivity index (χ4v) is 6.63. The first-order valence-corrected chi connectivity index (χ1v) is 20.4. The molecule has 0 aliphatic carbocycles. The number of carbonyl (C=O) groups excluding carboxylic acids is 9. The fourth-order valence-electron chi connectivity index (χ4n) is 6.63. The van der Waals surface area contributed by atoms with Crippen LogP contribution in [0.1, 0.15) is 66.7 Å². The highest BCUT2D eigenvalue weighted by molar-refractivity contribution is 5.92. The molecule has 2 rings (SSSR count). The van der Waals surface area contributed by atoms with E-state index in [1.54, 1.807) is 0 Å². The van der Waals surface area contributed by atoms with Crippen molar-refractivity contribution < 1.29 is 109 Å². The molecule has 14 N–H and O–H groups in total. The Balaban J connectivity index is 2.21. The minimum atomic E-state index is -1.91. The van der Waals surface area contributed by atoms with Gasteiger partial charge in [-0.05, 0) is 40.0 Å². The van der Waals surface area contributed by atoms with Crippen molar-refractivity contribution in [1.29, 1.82) is 0 Å². The van der Waals surface area contributed by atoms with Crippen LogP contribution in [0.25, 0.3) is 0 Å². The zero-order valence-corrected chi connectivity index (χ0v) is 36.2. The molecule has 2 saturated heterocycles. The van der Waals surface area contributed by atoms with Gasteiger partial charge in [-0.3, -0.25) is 28.8 Å². The monoisotopic (exact) mass is 937 g/mol. The molecule has 2 heterocycles. The van der Waals surface area contributed by atoms with Crippen molar-refractivity contribution in [3.8, 4) is 0 Å². The number of amides is 6. The molecule has 28 heteroatoms. The minimum absolute atomic E-state index is 0.00796. The summed E-state index contributed by atoms with van der Waals surface area (Å²) in [6.45, 7) is 3.78. The number of carboxylic acid groups (broad SMARTS) is 3. The highest BCUT2D eigenvalue weighted by Crippen LogP contribution is 2.31. The number of carboxylic acids is 3. The van der Waals surface area contributed by atoms with Gasteiger partial charge < -0.3 is 112 Å². The Labute approximate surface area is 371 Å². The number of aliphatic hydroxyl groups is 5. The highest BCUT2D eigenvalue weighted by atomic mass is 16.7. The maximum Gasteiger partial charge on any atom is 0.249 e. The summed E-state index contributed by atoms with van der Waals surface area (Å²) in [5.74, 6) is -10.5. The molecule has 0 saturated carbocycles. The van der Waals surface area contributed by atoms with Crippen LogP contribution >= 0.6 is 0 Å². The summed E-state index contributed by atoms with van der Waals surface area (Å²) in [6, 6.07) is -10.5. The largest absolute Gasteiger partial charge is 0.548 e. The van der Waals surface area contributed by atoms with Crippen LogP contribution in [0.3, 0.4) is 0 Å². The smallest absolute Gasteiger partial charge is 0.249 e. The molecule has 2 unspecified atom stereocenters. The van der Waals surface area contributed by atoms with E-state index in [9.17, 15) is 84.0 Å². The van der Waals surface area contributed by atoms with Crippen LogP contribution in [0.4, 0.5) is 0 Å². The van der Waals surface area contributed by atoms with E-state index in [4.69, 9.17) is 18.9 Å². The maximum atomic E-state index is 13.4. The topological polar surface area (TPSA) is 461 Å². The standard InChI is InChI=1S/C37H61N7O21/c1-13(30(52)44-20(35(59)60)9-10-23(49)43-19(8-6-7-18(38)34(57)58)32(54)40-14(2)33(55)56)39-31(53)15(3)62-29-25(42-17(5)48)36(61)63-22(12-46)28(29)65-37-24(41-16(4)47)27(51)26(50)21(11-45)64-37/h13-15,18-22,24-29,36-37,45-46,50-51,61H,6-12,38H2,1-5H3,(H,39,53)(H,40,54)(H,41,47)(H,42,48)(H,43,49)(H,44,52)(H,55,56)(H,57,58)(H,59,60)/p-2/t13-,14+,15+,18?,19-,20+,21+,22+,24+,25+,26+,27+,28+,29+,36?,37-/m0/s1. The van der Waals surface area contributed by atoms with Crippen molar-refractivity contribution in [2.24, 2.45) is 0 Å². The molecule has 28 nitrogen and oxygen atoms in total. The number of aliphatic carboxylic acids is 3. The summed E-state index contributed by atoms with van der Waals surface area (Å²) in [6.07, 6.45) is -16.6. The number of ether oxygens (including phenoxy) is 4. The van der Waals surface area contributed by atoms with Crippen molar-refractivity contribution in [3.63, 3.8) is 0 Å². The molecule has 370 valence electrons. The van der Waals surface area contributed by atoms with Crippen molar-refractivity contribution in [1.82, 2.24) is 31.9 Å². The van der Waals surface area contributed by atoms with E-state index in [1.165, 1.54) is 0 Å². The summed E-state index contributed by atoms with van der Waals surface area (Å²) < 4.78 is 23.0. The Bertz CT molecular complexity index is 1690. The summed E-state index contributed by atoms with van der Waals surface area (Å²) in [5.41, 5.74) is 3.39. The molecule has 0 radical (unpaired) electrons. The number of nitrogens with one attached hydrogen (secondary N) is 6. The normalized spacial score (nSPS) is 28.1. The van der Waals surface area contributed by atoms with Crippen LogP contribution in [0.2, 0.25) is 0 Å². The van der Waals surface area contributed by atoms with Gasteiger partial charge in [0.25, 0.3) is 0 Å². The number of carbonyl (C=O) groups is 9. The van der Waals surface area contributed by atoms with Gasteiger partial charge >= 0.3 is 0 Å². The second kappa shape index (κ2) is 26.1. The van der Waals surface area contributed by atoms with Crippen LogP contribution in [0.15, 0.2) is 0 Å². The van der Waals surface area contributed by atoms with E-state index in [-0.39, 0.29) is 19.3 Å². The van der Waals surface area contributed by atoms with Crippen molar-refractivity contribution >= 4 is 53.4 Å². The van der Waals surface area contributed by atoms with Gasteiger partial charge in [0.1, 0.15) is 72.9 Å². The van der Waals surface area contributed by atoms with Crippen molar-refractivity contribution in [2.75, 3.05) is 13.2 Å². The molecule has 0 aromatic rings. The lowest BCUT2D eigenvalue weighted by Crippen LogP contribution is -2.70. The predicted molar refractivity (Wildman–Crippen MR) is 204 cm³/mol. The molecule has 2 fully saturated rings. The Morgan fingerprint density at radius 2 is 1.23 bits per heavy atom. The second-order valence-corrected chi connectivity index (χ2v) is 15.5. The molecule has 2 aliphatic heterocycles. The molecule has 6 amide bonds. The van der Waals surface area contributed by atoms with Gasteiger partial charge in [-0.25, -0.2) is 0 Å². The number of quaternary nitrogens is 1. The first-order chi connectivity index (χ1) is 30.3. The van der Waals surface area contributed by atoms with E-state index in [2.05, 4.69) is 37.6 Å². The number of hydrogen-bond donors (Lipinski definition) is 12. The first-order valence-electron chi connectivity index (χ1n) is 20.4. The molecule has 0 aromatic heterocycles. The number of aliphatic hydroxyl groups excluding tert-OH is 5. The van der Waals surface area contributed by atoms with E-state index in [0.29, 0.717) is 0 Å². The van der Waals surface area contributed by atoms with Gasteiger partial charge in [-0.15, -0.1) is 0 Å². The Hall–Kier alpha value is -5.17. The lowest BCUT2D eigenvalue weighted by Gasteiger charge is -2.48. The van der Waals surface area contributed by atoms with Gasteiger partial charge in [0.05, 0.1) is 43.2 Å². The third-order valence-electron chi connectivity index (χ3n) is 10.2. The average molecular weight is 938 g/mol. The second-order valence-electron chi connectivity index (χ2n) is 15.5. The minimum Gasteiger partial charge on any atom is -0.548 e. The Morgan fingerprint density at radius 3 is 1.77 bits per heavy atom. The lowest BCUT2D eigenvalue weighted by atomic mass is 9.94. The maximum absolute atomic E-state index is 13.4. The van der Waals surface area contributed by atoms with Gasteiger partial charge in [0, 0.05) is 26.7 Å². The molecular weight excluding hydrogens is 878 g/mol. The van der Waals surface area contributed by atoms with Crippen molar-refractivity contribution in [2.45, 2.75) is 164 Å². The summed E-state index contributed by atoms with van der Waals surface area (Å²) in [7, 11) is 0.